The van der Waals surface area contributed by atoms with Crippen molar-refractivity contribution in [1.82, 2.24) is 0 Å². The fraction of sp³-hybridized carbons (Fsp3) is 0.250. The molecule has 0 atom stereocenters. The van der Waals surface area contributed by atoms with Crippen LogP contribution < -0.4 is 4.74 Å². The molecule has 0 amide bonds. The van der Waals surface area contributed by atoms with Gasteiger partial charge in [0.25, 0.3) is 0 Å². The summed E-state index contributed by atoms with van der Waals surface area (Å²) in [5, 5.41) is 10.4. The summed E-state index contributed by atoms with van der Waals surface area (Å²) in [5.41, 5.74) is -0.966. The van der Waals surface area contributed by atoms with Crippen molar-refractivity contribution in [3.05, 3.63) is 33.9 Å². The summed E-state index contributed by atoms with van der Waals surface area (Å²) in [6.07, 6.45) is 0. The average Bonchev–Trinajstić information content (AvgIpc) is 2.11. The minimum Gasteiger partial charge on any atom is -0.487 e. The molecule has 0 saturated carbocycles. The lowest BCUT2D eigenvalue weighted by molar-refractivity contribution is -0.388. The molecule has 76 valence electrons. The van der Waals surface area contributed by atoms with Crippen LogP contribution >= 0.6 is 0 Å². The number of rotatable bonds is 3. The molecule has 0 aromatic heterocycles. The van der Waals surface area contributed by atoms with Gasteiger partial charge in [-0.05, 0) is 19.1 Å². The molecule has 1 aromatic carbocycles. The number of ether oxygens (including phenoxy) is 1. The van der Waals surface area contributed by atoms with Crippen molar-refractivity contribution in [2.45, 2.75) is 6.92 Å². The molecule has 0 unspecified atom stereocenters. The van der Waals surface area contributed by atoms with Crippen molar-refractivity contribution < 1.29 is 18.4 Å². The average molecular weight is 203 g/mol. The first kappa shape index (κ1) is 10.4. The zero-order valence-corrected chi connectivity index (χ0v) is 7.29. The summed E-state index contributed by atoms with van der Waals surface area (Å²) in [6, 6.07) is 1.81. The number of hydrogen-bond acceptors (Lipinski definition) is 3. The third-order valence-electron chi connectivity index (χ3n) is 1.51. The normalized spacial score (nSPS) is 9.93. The lowest BCUT2D eigenvalue weighted by atomic mass is 10.2. The Labute approximate surface area is 78.3 Å². The van der Waals surface area contributed by atoms with Crippen LogP contribution in [0.15, 0.2) is 12.1 Å². The van der Waals surface area contributed by atoms with Crippen molar-refractivity contribution >= 4 is 5.69 Å². The van der Waals surface area contributed by atoms with E-state index < -0.39 is 22.2 Å². The molecule has 0 bridgehead atoms. The van der Waals surface area contributed by atoms with Gasteiger partial charge in [0.1, 0.15) is 0 Å². The Hall–Kier alpha value is -1.72. The first-order valence-electron chi connectivity index (χ1n) is 3.83. The lowest BCUT2D eigenvalue weighted by Crippen LogP contribution is -2.01. The molecule has 0 radical (unpaired) electrons. The minimum atomic E-state index is -1.50. The summed E-state index contributed by atoms with van der Waals surface area (Å²) >= 11 is 0. The zero-order valence-electron chi connectivity index (χ0n) is 7.29. The van der Waals surface area contributed by atoms with Crippen LogP contribution in [0.3, 0.4) is 0 Å². The summed E-state index contributed by atoms with van der Waals surface area (Å²) in [7, 11) is 0. The second-order valence-corrected chi connectivity index (χ2v) is 2.40. The van der Waals surface area contributed by atoms with E-state index in [9.17, 15) is 18.9 Å². The van der Waals surface area contributed by atoms with Crippen molar-refractivity contribution in [1.29, 1.82) is 0 Å². The molecular formula is C8H7F2NO3. The van der Waals surface area contributed by atoms with Crippen molar-refractivity contribution in [2.24, 2.45) is 0 Å². The smallest absolute Gasteiger partial charge is 0.349 e. The summed E-state index contributed by atoms with van der Waals surface area (Å²) in [6.45, 7) is 1.73. The van der Waals surface area contributed by atoms with Gasteiger partial charge in [-0.2, -0.15) is 4.39 Å². The fourth-order valence-electron chi connectivity index (χ4n) is 0.964. The third-order valence-corrected chi connectivity index (χ3v) is 1.51. The molecule has 1 aromatic rings. The van der Waals surface area contributed by atoms with Gasteiger partial charge in [-0.25, -0.2) is 4.39 Å². The number of nitro groups is 1. The summed E-state index contributed by atoms with van der Waals surface area (Å²) in [4.78, 5) is 9.38. The first-order valence-corrected chi connectivity index (χ1v) is 3.83. The highest BCUT2D eigenvalue weighted by atomic mass is 19.2. The number of halogens is 2. The maximum absolute atomic E-state index is 12.9. The topological polar surface area (TPSA) is 52.4 Å². The molecule has 0 heterocycles. The Bertz CT molecular complexity index is 368. The largest absolute Gasteiger partial charge is 0.487 e. The molecule has 1 rings (SSSR count). The third kappa shape index (κ3) is 1.78. The van der Waals surface area contributed by atoms with E-state index in [1.807, 2.05) is 0 Å². The van der Waals surface area contributed by atoms with E-state index in [2.05, 4.69) is 0 Å². The van der Waals surface area contributed by atoms with E-state index >= 15 is 0 Å². The van der Waals surface area contributed by atoms with E-state index in [0.29, 0.717) is 0 Å². The van der Waals surface area contributed by atoms with Gasteiger partial charge >= 0.3 is 5.69 Å². The van der Waals surface area contributed by atoms with Gasteiger partial charge in [0.05, 0.1) is 11.5 Å². The van der Waals surface area contributed by atoms with Crippen LogP contribution in [0.1, 0.15) is 6.92 Å². The predicted molar refractivity (Wildman–Crippen MR) is 44.2 cm³/mol. The second kappa shape index (κ2) is 3.99. The molecule has 0 N–H and O–H groups in total. The second-order valence-electron chi connectivity index (χ2n) is 2.40. The Morgan fingerprint density at radius 3 is 2.64 bits per heavy atom. The molecule has 0 spiro atoms. The van der Waals surface area contributed by atoms with Gasteiger partial charge in [0, 0.05) is 0 Å². The molecule has 0 aliphatic carbocycles. The van der Waals surface area contributed by atoms with E-state index in [-0.39, 0.29) is 12.4 Å². The van der Waals surface area contributed by atoms with Crippen LogP contribution in [-0.2, 0) is 0 Å². The lowest BCUT2D eigenvalue weighted by Gasteiger charge is -2.04. The molecule has 14 heavy (non-hydrogen) atoms. The highest BCUT2D eigenvalue weighted by Gasteiger charge is 2.24. The van der Waals surface area contributed by atoms with Crippen molar-refractivity contribution in [3.63, 3.8) is 0 Å². The molecule has 0 aliphatic rings. The summed E-state index contributed by atoms with van der Waals surface area (Å²) in [5.74, 6) is -3.03. The van der Waals surface area contributed by atoms with Gasteiger partial charge in [-0.1, -0.05) is 0 Å². The molecule has 6 heteroatoms. The highest BCUT2D eigenvalue weighted by molar-refractivity contribution is 5.47. The molecule has 0 aliphatic heterocycles. The first-order chi connectivity index (χ1) is 6.57. The Morgan fingerprint density at radius 2 is 2.14 bits per heavy atom. The standard InChI is InChI=1S/C8H7F2NO3/c1-2-14-6-4-3-5(9)7(10)8(6)11(12)13/h3-4H,2H2,1H3. The monoisotopic (exact) mass is 203 g/mol. The van der Waals surface area contributed by atoms with E-state index in [4.69, 9.17) is 4.74 Å². The van der Waals surface area contributed by atoms with Crippen molar-refractivity contribution in [3.8, 4) is 5.75 Å². The number of benzene rings is 1. The predicted octanol–water partition coefficient (Wildman–Crippen LogP) is 2.27. The highest BCUT2D eigenvalue weighted by Crippen LogP contribution is 2.31. The molecule has 0 saturated heterocycles. The van der Waals surface area contributed by atoms with Gasteiger partial charge < -0.3 is 4.74 Å². The van der Waals surface area contributed by atoms with E-state index in [1.54, 1.807) is 6.92 Å². The van der Waals surface area contributed by atoms with E-state index in [0.717, 1.165) is 12.1 Å². The Balaban J connectivity index is 3.30. The fourth-order valence-corrected chi connectivity index (χ4v) is 0.964. The van der Waals surface area contributed by atoms with Gasteiger partial charge in [-0.15, -0.1) is 0 Å². The SMILES string of the molecule is CCOc1ccc(F)c(F)c1[N+](=O)[O-]. The quantitative estimate of drug-likeness (QED) is 0.559. The summed E-state index contributed by atoms with van der Waals surface area (Å²) < 4.78 is 30.4. The molecule has 0 fully saturated rings. The maximum atomic E-state index is 12.9. The van der Waals surface area contributed by atoms with Gasteiger partial charge in [-0.3, -0.25) is 10.1 Å². The number of hydrogen-bond donors (Lipinski definition) is 0. The Kier molecular flexibility index (Phi) is 2.95. The van der Waals surface area contributed by atoms with Gasteiger partial charge in [0.15, 0.2) is 5.82 Å². The molecular weight excluding hydrogens is 196 g/mol. The van der Waals surface area contributed by atoms with Crippen LogP contribution in [0.4, 0.5) is 14.5 Å². The zero-order chi connectivity index (χ0) is 10.7. The van der Waals surface area contributed by atoms with Crippen LogP contribution in [-0.4, -0.2) is 11.5 Å². The van der Waals surface area contributed by atoms with Crippen LogP contribution in [0.5, 0.6) is 5.75 Å². The maximum Gasteiger partial charge on any atom is 0.349 e. The number of nitrogens with zero attached hydrogens (tertiary/aromatic N) is 1. The van der Waals surface area contributed by atoms with Crippen LogP contribution in [0.2, 0.25) is 0 Å². The van der Waals surface area contributed by atoms with Crippen LogP contribution in [0, 0.1) is 21.7 Å². The van der Waals surface area contributed by atoms with Crippen molar-refractivity contribution in [2.75, 3.05) is 6.61 Å². The van der Waals surface area contributed by atoms with Crippen LogP contribution in [0.25, 0.3) is 0 Å². The Morgan fingerprint density at radius 1 is 1.50 bits per heavy atom. The molecule has 4 nitrogen and oxygen atoms in total. The number of nitro benzene ring substituents is 1. The minimum absolute atomic E-state index is 0.145. The van der Waals surface area contributed by atoms with E-state index in [1.165, 1.54) is 0 Å². The van der Waals surface area contributed by atoms with Gasteiger partial charge in [0.2, 0.25) is 11.6 Å².